The molecule has 1 heterocycles. The van der Waals surface area contributed by atoms with E-state index in [2.05, 4.69) is 21.6 Å². The van der Waals surface area contributed by atoms with Crippen LogP contribution in [0, 0.1) is 11.3 Å². The Morgan fingerprint density at radius 3 is 2.48 bits per heavy atom. The first-order valence-electron chi connectivity index (χ1n) is 9.60. The second kappa shape index (κ2) is 11.0. The van der Waals surface area contributed by atoms with Crippen molar-refractivity contribution in [1.82, 2.24) is 4.90 Å². The quantitative estimate of drug-likeness (QED) is 0.376. The van der Waals surface area contributed by atoms with Crippen LogP contribution in [0.3, 0.4) is 0 Å². The Hall–Kier alpha value is -2.69. The maximum absolute atomic E-state index is 12.5. The van der Waals surface area contributed by atoms with Crippen molar-refractivity contribution < 1.29 is 27.9 Å². The molecule has 8 nitrogen and oxygen atoms in total. The number of nitriles is 1. The standard InChI is InChI=1S/C20H19ClF3N5O3S/c21-17-4-3-16(10-18(17)29(31)33-20(22,23)24)27-19(30)26-15-2-1-13(11-25)14(9-15)12-28-5-7-32-8-6-28/h1-4,9-10,31H,5-8,12H2,(H2,26,27,30). The summed E-state index contributed by atoms with van der Waals surface area (Å²) in [4.78, 5) is 14.6. The molecule has 176 valence electrons. The number of morpholine rings is 1. The summed E-state index contributed by atoms with van der Waals surface area (Å²) in [6, 6.07) is 10.1. The zero-order valence-corrected chi connectivity index (χ0v) is 18.6. The number of urea groups is 1. The molecule has 0 unspecified atom stereocenters. The Bertz CT molecular complexity index is 1040. The fraction of sp³-hybridized carbons (Fsp3) is 0.300. The van der Waals surface area contributed by atoms with Gasteiger partial charge in [0.25, 0.3) is 0 Å². The minimum absolute atomic E-state index is 0.107. The van der Waals surface area contributed by atoms with Crippen molar-refractivity contribution >= 4 is 46.6 Å². The third-order valence-electron chi connectivity index (χ3n) is 4.58. The van der Waals surface area contributed by atoms with Gasteiger partial charge >= 0.3 is 11.5 Å². The number of rotatable bonds is 6. The third kappa shape index (κ3) is 7.41. The molecule has 0 bridgehead atoms. The highest BCUT2D eigenvalue weighted by Gasteiger charge is 2.33. The van der Waals surface area contributed by atoms with Crippen LogP contribution >= 0.6 is 23.5 Å². The molecule has 1 fully saturated rings. The fourth-order valence-electron chi connectivity index (χ4n) is 3.09. The lowest BCUT2D eigenvalue weighted by Gasteiger charge is -2.27. The lowest BCUT2D eigenvalue weighted by atomic mass is 10.1. The van der Waals surface area contributed by atoms with E-state index in [0.717, 1.165) is 24.7 Å². The number of nitrogens with zero attached hydrogens (tertiary/aromatic N) is 3. The average molecular weight is 502 g/mol. The number of carbonyl (C=O) groups excluding carboxylic acids is 1. The van der Waals surface area contributed by atoms with Crippen molar-refractivity contribution in [2.24, 2.45) is 0 Å². The summed E-state index contributed by atoms with van der Waals surface area (Å²) < 4.78 is 42.8. The largest absolute Gasteiger partial charge is 0.463 e. The van der Waals surface area contributed by atoms with Gasteiger partial charge in [-0.3, -0.25) is 10.1 Å². The summed E-state index contributed by atoms with van der Waals surface area (Å²) >= 11 is 5.07. The predicted molar refractivity (Wildman–Crippen MR) is 119 cm³/mol. The fourth-order valence-corrected chi connectivity index (χ4v) is 3.78. The van der Waals surface area contributed by atoms with Gasteiger partial charge in [-0.25, -0.2) is 4.79 Å². The van der Waals surface area contributed by atoms with E-state index >= 15 is 0 Å². The monoisotopic (exact) mass is 501 g/mol. The summed E-state index contributed by atoms with van der Waals surface area (Å²) in [5, 5.41) is 24.0. The van der Waals surface area contributed by atoms with Gasteiger partial charge in [0, 0.05) is 31.0 Å². The number of ether oxygens (including phenoxy) is 1. The average Bonchev–Trinajstić information content (AvgIpc) is 2.75. The number of halogens is 4. The van der Waals surface area contributed by atoms with E-state index in [-0.39, 0.29) is 20.9 Å². The molecule has 2 amide bonds. The molecule has 3 N–H and O–H groups in total. The first-order valence-corrected chi connectivity index (χ1v) is 10.8. The number of nitrogens with one attached hydrogen (secondary N) is 2. The molecule has 0 spiro atoms. The number of hydrogen-bond donors (Lipinski definition) is 3. The van der Waals surface area contributed by atoms with Crippen LogP contribution in [0.2, 0.25) is 5.02 Å². The number of carbonyl (C=O) groups is 1. The van der Waals surface area contributed by atoms with Crippen LogP contribution < -0.4 is 15.1 Å². The lowest BCUT2D eigenvalue weighted by molar-refractivity contribution is -0.0343. The minimum atomic E-state index is -4.73. The van der Waals surface area contributed by atoms with Crippen molar-refractivity contribution in [3.05, 3.63) is 52.5 Å². The van der Waals surface area contributed by atoms with E-state index in [0.29, 0.717) is 31.0 Å². The Labute approximate surface area is 196 Å². The smallest absolute Gasteiger partial charge is 0.379 e. The minimum Gasteiger partial charge on any atom is -0.379 e. The Morgan fingerprint density at radius 2 is 1.85 bits per heavy atom. The lowest BCUT2D eigenvalue weighted by Crippen LogP contribution is -2.35. The maximum atomic E-state index is 12.5. The SMILES string of the molecule is N#Cc1ccc(NC(=O)Nc2ccc(Cl)c(N(O)SC(F)(F)F)c2)cc1CN1CCOCC1. The second-order valence-corrected chi connectivity index (χ2v) is 8.33. The molecule has 3 rings (SSSR count). The molecular formula is C20H19ClF3N5O3S. The van der Waals surface area contributed by atoms with Crippen LogP contribution in [-0.2, 0) is 11.3 Å². The zero-order chi connectivity index (χ0) is 24.0. The van der Waals surface area contributed by atoms with Gasteiger partial charge in [-0.15, -0.1) is 0 Å². The van der Waals surface area contributed by atoms with Crippen molar-refractivity contribution in [3.63, 3.8) is 0 Å². The molecule has 13 heteroatoms. The molecule has 1 saturated heterocycles. The molecule has 1 aliphatic heterocycles. The highest BCUT2D eigenvalue weighted by atomic mass is 35.5. The van der Waals surface area contributed by atoms with Crippen LogP contribution in [0.1, 0.15) is 11.1 Å². The molecule has 0 aromatic heterocycles. The van der Waals surface area contributed by atoms with Gasteiger partial charge in [-0.2, -0.15) is 22.9 Å². The van der Waals surface area contributed by atoms with Crippen LogP contribution in [0.15, 0.2) is 36.4 Å². The molecule has 2 aromatic carbocycles. The summed E-state index contributed by atoms with van der Waals surface area (Å²) in [6.07, 6.45) is 0. The number of alkyl halides is 3. The maximum Gasteiger partial charge on any atom is 0.463 e. The highest BCUT2D eigenvalue weighted by molar-refractivity contribution is 8.01. The van der Waals surface area contributed by atoms with E-state index in [4.69, 9.17) is 16.3 Å². The van der Waals surface area contributed by atoms with Crippen molar-refractivity contribution in [1.29, 1.82) is 5.26 Å². The predicted octanol–water partition coefficient (Wildman–Crippen LogP) is 5.05. The summed E-state index contributed by atoms with van der Waals surface area (Å²) in [5.41, 5.74) is -3.31. The van der Waals surface area contributed by atoms with Crippen LogP contribution in [0.25, 0.3) is 0 Å². The van der Waals surface area contributed by atoms with E-state index < -0.39 is 23.5 Å². The molecule has 33 heavy (non-hydrogen) atoms. The molecule has 0 aliphatic carbocycles. The summed E-state index contributed by atoms with van der Waals surface area (Å²) in [7, 11) is 0. The van der Waals surface area contributed by atoms with E-state index in [9.17, 15) is 28.4 Å². The van der Waals surface area contributed by atoms with Gasteiger partial charge < -0.3 is 15.4 Å². The van der Waals surface area contributed by atoms with Crippen molar-refractivity contribution in [2.45, 2.75) is 12.1 Å². The first-order chi connectivity index (χ1) is 15.6. The van der Waals surface area contributed by atoms with Crippen LogP contribution in [0.4, 0.5) is 35.0 Å². The van der Waals surface area contributed by atoms with E-state index in [1.807, 2.05) is 0 Å². The normalized spacial score (nSPS) is 14.4. The Kier molecular flexibility index (Phi) is 8.28. The Balaban J connectivity index is 1.68. The molecule has 1 aliphatic rings. The summed E-state index contributed by atoms with van der Waals surface area (Å²) in [6.45, 7) is 3.20. The van der Waals surface area contributed by atoms with Crippen molar-refractivity contribution in [3.8, 4) is 6.07 Å². The van der Waals surface area contributed by atoms with Gasteiger partial charge in [0.2, 0.25) is 0 Å². The molecular weight excluding hydrogens is 483 g/mol. The third-order valence-corrected chi connectivity index (χ3v) is 5.48. The molecule has 0 saturated carbocycles. The molecule has 2 aromatic rings. The van der Waals surface area contributed by atoms with Gasteiger partial charge in [-0.1, -0.05) is 11.6 Å². The number of hydrogen-bond acceptors (Lipinski definition) is 7. The first kappa shape index (κ1) is 24.9. The van der Waals surface area contributed by atoms with E-state index in [1.54, 1.807) is 18.2 Å². The second-order valence-electron chi connectivity index (χ2n) is 6.93. The number of benzene rings is 2. The van der Waals surface area contributed by atoms with Gasteiger partial charge in [0.15, 0.2) is 0 Å². The van der Waals surface area contributed by atoms with E-state index in [1.165, 1.54) is 12.1 Å². The van der Waals surface area contributed by atoms with Crippen molar-refractivity contribution in [2.75, 3.05) is 41.4 Å². The van der Waals surface area contributed by atoms with Gasteiger partial charge in [0.05, 0.1) is 47.5 Å². The molecule has 0 radical (unpaired) electrons. The zero-order valence-electron chi connectivity index (χ0n) is 17.0. The molecule has 0 atom stereocenters. The summed E-state index contributed by atoms with van der Waals surface area (Å²) in [5.74, 6) is 0. The van der Waals surface area contributed by atoms with Gasteiger partial charge in [-0.05, 0) is 42.0 Å². The number of anilines is 3. The topological polar surface area (TPSA) is 101 Å². The highest BCUT2D eigenvalue weighted by Crippen LogP contribution is 2.39. The van der Waals surface area contributed by atoms with Crippen LogP contribution in [0.5, 0.6) is 0 Å². The number of amides is 2. The van der Waals surface area contributed by atoms with Gasteiger partial charge in [0.1, 0.15) is 0 Å². The Morgan fingerprint density at radius 1 is 1.21 bits per heavy atom. The van der Waals surface area contributed by atoms with Crippen LogP contribution in [-0.4, -0.2) is 47.9 Å².